The molecule has 2 aromatic rings. The molecule has 4 rings (SSSR count). The van der Waals surface area contributed by atoms with Crippen molar-refractivity contribution in [3.63, 3.8) is 0 Å². The first-order valence-corrected chi connectivity index (χ1v) is 10.2. The number of hydrogen-bond donors (Lipinski definition) is 0. The number of likely N-dealkylation sites (tertiary alicyclic amines) is 1. The zero-order chi connectivity index (χ0) is 20.2. The maximum atomic E-state index is 13.0. The van der Waals surface area contributed by atoms with Crippen molar-refractivity contribution in [2.45, 2.75) is 19.4 Å². The van der Waals surface area contributed by atoms with Crippen LogP contribution in [0.1, 0.15) is 28.8 Å². The number of carbonyl (C=O) groups is 2. The average Bonchev–Trinajstić information content (AvgIpc) is 3.18. The van der Waals surface area contributed by atoms with Gasteiger partial charge in [0.05, 0.1) is 7.11 Å². The zero-order valence-corrected chi connectivity index (χ0v) is 16.8. The van der Waals surface area contributed by atoms with E-state index in [9.17, 15) is 9.59 Å². The summed E-state index contributed by atoms with van der Waals surface area (Å²) in [5.74, 6) is 1.11. The maximum Gasteiger partial charge on any atom is 0.253 e. The Labute approximate surface area is 171 Å². The van der Waals surface area contributed by atoms with Gasteiger partial charge < -0.3 is 19.4 Å². The molecule has 6 nitrogen and oxygen atoms in total. The number of methoxy groups -OCH3 is 1. The number of nitrogens with zero attached hydrogens (tertiary/aromatic N) is 3. The van der Waals surface area contributed by atoms with Gasteiger partial charge in [0.2, 0.25) is 5.91 Å². The number of anilines is 1. The molecule has 2 saturated heterocycles. The molecule has 0 atom stereocenters. The minimum atomic E-state index is 0.0601. The van der Waals surface area contributed by atoms with E-state index >= 15 is 0 Å². The van der Waals surface area contributed by atoms with Gasteiger partial charge in [0.15, 0.2) is 0 Å². The fourth-order valence-electron chi connectivity index (χ4n) is 4.05. The average molecular weight is 393 g/mol. The molecule has 2 aromatic carbocycles. The number of benzene rings is 2. The monoisotopic (exact) mass is 393 g/mol. The Kier molecular flexibility index (Phi) is 5.69. The molecule has 0 N–H and O–H groups in total. The highest BCUT2D eigenvalue weighted by Crippen LogP contribution is 2.23. The number of hydrogen-bond acceptors (Lipinski definition) is 4. The molecule has 0 spiro atoms. The first kappa shape index (κ1) is 19.3. The fourth-order valence-corrected chi connectivity index (χ4v) is 4.05. The fraction of sp³-hybridized carbons (Fsp3) is 0.391. The minimum Gasteiger partial charge on any atom is -0.497 e. The van der Waals surface area contributed by atoms with Crippen molar-refractivity contribution in [2.24, 2.45) is 0 Å². The summed E-state index contributed by atoms with van der Waals surface area (Å²) in [7, 11) is 1.67. The van der Waals surface area contributed by atoms with Crippen LogP contribution in [0.2, 0.25) is 0 Å². The molecule has 0 aromatic heterocycles. The highest BCUT2D eigenvalue weighted by atomic mass is 16.5. The van der Waals surface area contributed by atoms with E-state index < -0.39 is 0 Å². The molecule has 2 aliphatic heterocycles. The van der Waals surface area contributed by atoms with E-state index in [1.165, 1.54) is 0 Å². The summed E-state index contributed by atoms with van der Waals surface area (Å²) >= 11 is 0. The quantitative estimate of drug-likeness (QED) is 0.784. The van der Waals surface area contributed by atoms with Gasteiger partial charge in [0.1, 0.15) is 5.75 Å². The number of rotatable bonds is 5. The molecular weight excluding hydrogens is 366 g/mol. The lowest BCUT2D eigenvalue weighted by Crippen LogP contribution is -2.48. The van der Waals surface area contributed by atoms with Crippen LogP contribution in [-0.4, -0.2) is 61.4 Å². The lowest BCUT2D eigenvalue weighted by molar-refractivity contribution is -0.128. The van der Waals surface area contributed by atoms with Gasteiger partial charge in [-0.05, 0) is 36.2 Å². The summed E-state index contributed by atoms with van der Waals surface area (Å²) in [5.41, 5.74) is 2.83. The summed E-state index contributed by atoms with van der Waals surface area (Å²) in [4.78, 5) is 30.9. The predicted octanol–water partition coefficient (Wildman–Crippen LogP) is 2.78. The smallest absolute Gasteiger partial charge is 0.253 e. The lowest BCUT2D eigenvalue weighted by Gasteiger charge is -2.36. The van der Waals surface area contributed by atoms with Crippen LogP contribution < -0.4 is 9.64 Å². The highest BCUT2D eigenvalue weighted by molar-refractivity contribution is 5.94. The van der Waals surface area contributed by atoms with Crippen molar-refractivity contribution >= 4 is 17.5 Å². The molecule has 2 aliphatic rings. The van der Waals surface area contributed by atoms with E-state index in [4.69, 9.17) is 4.74 Å². The van der Waals surface area contributed by atoms with E-state index in [1.807, 2.05) is 52.3 Å². The van der Waals surface area contributed by atoms with Crippen molar-refractivity contribution in [3.05, 3.63) is 59.7 Å². The lowest BCUT2D eigenvalue weighted by atomic mass is 10.1. The third-order valence-corrected chi connectivity index (χ3v) is 5.70. The molecular formula is C23H27N3O3. The van der Waals surface area contributed by atoms with Crippen LogP contribution in [0.25, 0.3) is 0 Å². The van der Waals surface area contributed by atoms with E-state index in [2.05, 4.69) is 11.0 Å². The van der Waals surface area contributed by atoms with Gasteiger partial charge in [-0.25, -0.2) is 0 Å². The van der Waals surface area contributed by atoms with Crippen LogP contribution in [0, 0.1) is 0 Å². The van der Waals surface area contributed by atoms with Crippen molar-refractivity contribution < 1.29 is 14.3 Å². The van der Waals surface area contributed by atoms with Crippen LogP contribution in [0.3, 0.4) is 0 Å². The Morgan fingerprint density at radius 2 is 1.79 bits per heavy atom. The first-order valence-electron chi connectivity index (χ1n) is 10.2. The van der Waals surface area contributed by atoms with Crippen LogP contribution >= 0.6 is 0 Å². The molecule has 0 bridgehead atoms. The van der Waals surface area contributed by atoms with Crippen molar-refractivity contribution in [3.8, 4) is 5.75 Å². The standard InChI is InChI=1S/C23H27N3O3/c1-29-21-8-3-7-20(16-21)24-11-13-25(14-12-24)23(28)19-6-2-5-18(15-19)17-26-10-4-9-22(26)27/h2-3,5-8,15-16H,4,9-14,17H2,1H3. The van der Waals surface area contributed by atoms with Crippen LogP contribution in [0.4, 0.5) is 5.69 Å². The Hall–Kier alpha value is -3.02. The predicted molar refractivity (Wildman–Crippen MR) is 112 cm³/mol. The van der Waals surface area contributed by atoms with E-state index in [-0.39, 0.29) is 11.8 Å². The van der Waals surface area contributed by atoms with Gasteiger partial charge in [0, 0.05) is 63.0 Å². The SMILES string of the molecule is COc1cccc(N2CCN(C(=O)c3cccc(CN4CCCC4=O)c3)CC2)c1. The molecule has 2 heterocycles. The summed E-state index contributed by atoms with van der Waals surface area (Å²) < 4.78 is 5.31. The molecule has 0 radical (unpaired) electrons. The van der Waals surface area contributed by atoms with E-state index in [0.29, 0.717) is 31.6 Å². The summed E-state index contributed by atoms with van der Waals surface area (Å²) in [5, 5.41) is 0. The zero-order valence-electron chi connectivity index (χ0n) is 16.8. The summed E-state index contributed by atoms with van der Waals surface area (Å²) in [6.45, 7) is 4.35. The first-order chi connectivity index (χ1) is 14.1. The number of amides is 2. The maximum absolute atomic E-state index is 13.0. The van der Waals surface area contributed by atoms with Gasteiger partial charge in [-0.3, -0.25) is 9.59 Å². The Morgan fingerprint density at radius 1 is 1.00 bits per heavy atom. The normalized spacial score (nSPS) is 17.0. The minimum absolute atomic E-state index is 0.0601. The third-order valence-electron chi connectivity index (χ3n) is 5.70. The molecule has 0 aliphatic carbocycles. The second-order valence-electron chi connectivity index (χ2n) is 7.60. The second-order valence-corrected chi connectivity index (χ2v) is 7.60. The molecule has 0 saturated carbocycles. The Morgan fingerprint density at radius 3 is 2.52 bits per heavy atom. The number of carbonyl (C=O) groups excluding carboxylic acids is 2. The highest BCUT2D eigenvalue weighted by Gasteiger charge is 2.24. The van der Waals surface area contributed by atoms with E-state index in [1.54, 1.807) is 7.11 Å². The second kappa shape index (κ2) is 8.55. The Balaban J connectivity index is 1.38. The summed E-state index contributed by atoms with van der Waals surface area (Å²) in [6, 6.07) is 15.7. The topological polar surface area (TPSA) is 53.1 Å². The van der Waals surface area contributed by atoms with Crippen molar-refractivity contribution in [1.82, 2.24) is 9.80 Å². The van der Waals surface area contributed by atoms with Gasteiger partial charge in [-0.15, -0.1) is 0 Å². The molecule has 152 valence electrons. The van der Waals surface area contributed by atoms with Crippen molar-refractivity contribution in [1.29, 1.82) is 0 Å². The van der Waals surface area contributed by atoms with Crippen LogP contribution in [0.5, 0.6) is 5.75 Å². The molecule has 2 fully saturated rings. The van der Waals surface area contributed by atoms with Gasteiger partial charge in [-0.2, -0.15) is 0 Å². The largest absolute Gasteiger partial charge is 0.497 e. The Bertz CT molecular complexity index is 890. The van der Waals surface area contributed by atoms with Crippen molar-refractivity contribution in [2.75, 3.05) is 44.7 Å². The number of ether oxygens (including phenoxy) is 1. The van der Waals surface area contributed by atoms with Crippen LogP contribution in [-0.2, 0) is 11.3 Å². The van der Waals surface area contributed by atoms with E-state index in [0.717, 1.165) is 43.1 Å². The molecule has 6 heteroatoms. The molecule has 29 heavy (non-hydrogen) atoms. The van der Waals surface area contributed by atoms with Gasteiger partial charge in [-0.1, -0.05) is 18.2 Å². The molecule has 0 unspecified atom stereocenters. The number of piperazine rings is 1. The van der Waals surface area contributed by atoms with Crippen LogP contribution in [0.15, 0.2) is 48.5 Å². The van der Waals surface area contributed by atoms with Gasteiger partial charge >= 0.3 is 0 Å². The molecule has 2 amide bonds. The summed E-state index contributed by atoms with van der Waals surface area (Å²) in [6.07, 6.45) is 1.56. The third kappa shape index (κ3) is 4.36. The van der Waals surface area contributed by atoms with Gasteiger partial charge in [0.25, 0.3) is 5.91 Å².